The Kier molecular flexibility index (Phi) is 3.35. The molecule has 4 nitrogen and oxygen atoms in total. The molecule has 0 aliphatic heterocycles. The molecule has 0 saturated carbocycles. The van der Waals surface area contributed by atoms with Gasteiger partial charge in [-0.05, 0) is 18.2 Å². The van der Waals surface area contributed by atoms with Gasteiger partial charge in [-0.25, -0.2) is 8.78 Å². The van der Waals surface area contributed by atoms with E-state index in [-0.39, 0.29) is 21.7 Å². The molecule has 3 aromatic rings. The number of carbonyl (C=O) groups is 1. The highest BCUT2D eigenvalue weighted by Crippen LogP contribution is 2.28. The van der Waals surface area contributed by atoms with E-state index in [9.17, 15) is 18.8 Å². The molecule has 1 N–H and O–H groups in total. The fourth-order valence-electron chi connectivity index (χ4n) is 2.20. The van der Waals surface area contributed by atoms with Gasteiger partial charge in [-0.15, -0.1) is 0 Å². The minimum absolute atomic E-state index is 0.0259. The van der Waals surface area contributed by atoms with Crippen LogP contribution in [-0.2, 0) is 0 Å². The highest BCUT2D eigenvalue weighted by Gasteiger charge is 2.24. The van der Waals surface area contributed by atoms with Crippen LogP contribution in [0.5, 0.6) is 0 Å². The molecule has 0 amide bonds. The van der Waals surface area contributed by atoms with Crippen molar-refractivity contribution < 1.29 is 13.6 Å². The van der Waals surface area contributed by atoms with Gasteiger partial charge in [0.1, 0.15) is 17.7 Å². The third-order valence-corrected chi connectivity index (χ3v) is 3.54. The Hall–Kier alpha value is -2.78. The summed E-state index contributed by atoms with van der Waals surface area (Å²) < 4.78 is 27.6. The molecule has 0 radical (unpaired) electrons. The molecule has 0 atom stereocenters. The Balaban J connectivity index is 2.30. The maximum Gasteiger partial charge on any atom is 0.198 e. The van der Waals surface area contributed by atoms with Gasteiger partial charge in [-0.3, -0.25) is 9.89 Å². The van der Waals surface area contributed by atoms with Crippen molar-refractivity contribution in [1.82, 2.24) is 10.2 Å². The van der Waals surface area contributed by atoms with Crippen molar-refractivity contribution in [2.24, 2.45) is 0 Å². The summed E-state index contributed by atoms with van der Waals surface area (Å²) in [4.78, 5) is 12.5. The number of carbonyl (C=O) groups excluding carboxylic acids is 1. The second kappa shape index (κ2) is 5.20. The Bertz CT molecular complexity index is 959. The van der Waals surface area contributed by atoms with Crippen molar-refractivity contribution >= 4 is 28.3 Å². The number of nitriles is 1. The lowest BCUT2D eigenvalue weighted by atomic mass is 9.96. The molecule has 108 valence electrons. The van der Waals surface area contributed by atoms with Crippen LogP contribution in [0, 0.1) is 23.0 Å². The summed E-state index contributed by atoms with van der Waals surface area (Å²) in [6.07, 6.45) is 1.32. The maximum atomic E-state index is 14.3. The first-order valence-corrected chi connectivity index (χ1v) is 6.46. The highest BCUT2D eigenvalue weighted by atomic mass is 35.5. The molecule has 0 unspecified atom stereocenters. The monoisotopic (exact) mass is 317 g/mol. The molecule has 0 fully saturated rings. The molecular formula is C15H6ClF2N3O. The van der Waals surface area contributed by atoms with Gasteiger partial charge in [0.05, 0.1) is 27.9 Å². The van der Waals surface area contributed by atoms with Gasteiger partial charge in [0, 0.05) is 17.0 Å². The number of hydrogen-bond acceptors (Lipinski definition) is 3. The summed E-state index contributed by atoms with van der Waals surface area (Å²) in [7, 11) is 0. The lowest BCUT2D eigenvalue weighted by molar-refractivity contribution is 0.103. The van der Waals surface area contributed by atoms with Crippen LogP contribution in [0.1, 0.15) is 21.5 Å². The van der Waals surface area contributed by atoms with E-state index in [2.05, 4.69) is 10.2 Å². The van der Waals surface area contributed by atoms with Gasteiger partial charge in [-0.2, -0.15) is 10.4 Å². The first kappa shape index (κ1) is 14.2. The minimum Gasteiger partial charge on any atom is -0.288 e. The number of ketones is 1. The Labute approximate surface area is 127 Å². The summed E-state index contributed by atoms with van der Waals surface area (Å²) in [6.45, 7) is 0. The lowest BCUT2D eigenvalue weighted by Gasteiger charge is -2.08. The topological polar surface area (TPSA) is 69.5 Å². The third kappa shape index (κ3) is 2.12. The van der Waals surface area contributed by atoms with Gasteiger partial charge in [0.15, 0.2) is 5.78 Å². The summed E-state index contributed by atoms with van der Waals surface area (Å²) in [5.74, 6) is -2.45. The second-order valence-corrected chi connectivity index (χ2v) is 4.91. The average molecular weight is 318 g/mol. The second-order valence-electron chi connectivity index (χ2n) is 4.50. The van der Waals surface area contributed by atoms with E-state index in [1.807, 2.05) is 0 Å². The molecule has 2 aromatic carbocycles. The van der Waals surface area contributed by atoms with Crippen molar-refractivity contribution in [3.8, 4) is 6.07 Å². The molecule has 22 heavy (non-hydrogen) atoms. The lowest BCUT2D eigenvalue weighted by Crippen LogP contribution is -2.09. The largest absolute Gasteiger partial charge is 0.288 e. The van der Waals surface area contributed by atoms with Gasteiger partial charge in [0.2, 0.25) is 0 Å². The molecule has 3 rings (SSSR count). The van der Waals surface area contributed by atoms with Crippen LogP contribution in [0.3, 0.4) is 0 Å². The van der Waals surface area contributed by atoms with E-state index < -0.39 is 23.0 Å². The van der Waals surface area contributed by atoms with Crippen molar-refractivity contribution in [2.75, 3.05) is 0 Å². The van der Waals surface area contributed by atoms with E-state index in [1.54, 1.807) is 6.07 Å². The zero-order valence-corrected chi connectivity index (χ0v) is 11.6. The smallest absolute Gasteiger partial charge is 0.198 e. The van der Waals surface area contributed by atoms with E-state index in [0.29, 0.717) is 5.39 Å². The molecular weight excluding hydrogens is 312 g/mol. The SMILES string of the molecule is N#Cc1c(C(=O)c2cc(F)ccc2Cl)c(F)cc2[nH]ncc12. The van der Waals surface area contributed by atoms with E-state index in [4.69, 9.17) is 11.6 Å². The number of H-pyrrole nitrogens is 1. The predicted molar refractivity (Wildman–Crippen MR) is 75.6 cm³/mol. The number of nitrogens with one attached hydrogen (secondary N) is 1. The van der Waals surface area contributed by atoms with Crippen LogP contribution >= 0.6 is 11.6 Å². The number of aromatic nitrogens is 2. The zero-order valence-electron chi connectivity index (χ0n) is 10.8. The predicted octanol–water partition coefficient (Wildman–Crippen LogP) is 3.60. The Morgan fingerprint density at radius 3 is 2.82 bits per heavy atom. The number of aromatic amines is 1. The number of hydrogen-bond donors (Lipinski definition) is 1. The van der Waals surface area contributed by atoms with E-state index in [0.717, 1.165) is 18.2 Å². The van der Waals surface area contributed by atoms with Gasteiger partial charge >= 0.3 is 0 Å². The van der Waals surface area contributed by atoms with Gasteiger partial charge in [-0.1, -0.05) is 11.6 Å². The minimum atomic E-state index is -0.904. The fourth-order valence-corrected chi connectivity index (χ4v) is 2.41. The van der Waals surface area contributed by atoms with Crippen LogP contribution in [-0.4, -0.2) is 16.0 Å². The van der Waals surface area contributed by atoms with Crippen molar-refractivity contribution in [2.45, 2.75) is 0 Å². The normalized spacial score (nSPS) is 10.6. The Morgan fingerprint density at radius 2 is 2.09 bits per heavy atom. The zero-order chi connectivity index (χ0) is 15.9. The maximum absolute atomic E-state index is 14.3. The van der Waals surface area contributed by atoms with E-state index in [1.165, 1.54) is 12.3 Å². The molecule has 0 saturated heterocycles. The molecule has 1 heterocycles. The van der Waals surface area contributed by atoms with Gasteiger partial charge in [0.25, 0.3) is 0 Å². The number of benzene rings is 2. The van der Waals surface area contributed by atoms with Crippen molar-refractivity contribution in [3.63, 3.8) is 0 Å². The van der Waals surface area contributed by atoms with Crippen LogP contribution < -0.4 is 0 Å². The van der Waals surface area contributed by atoms with Crippen molar-refractivity contribution in [3.05, 3.63) is 63.8 Å². The number of halogens is 3. The Morgan fingerprint density at radius 1 is 1.32 bits per heavy atom. The number of nitrogens with zero attached hydrogens (tertiary/aromatic N) is 2. The highest BCUT2D eigenvalue weighted by molar-refractivity contribution is 6.35. The molecule has 0 spiro atoms. The van der Waals surface area contributed by atoms with E-state index >= 15 is 0 Å². The first-order chi connectivity index (χ1) is 10.5. The number of fused-ring (bicyclic) bond motifs is 1. The number of rotatable bonds is 2. The average Bonchev–Trinajstić information content (AvgIpc) is 2.95. The third-order valence-electron chi connectivity index (χ3n) is 3.21. The van der Waals surface area contributed by atoms with Crippen LogP contribution in [0.2, 0.25) is 5.02 Å². The van der Waals surface area contributed by atoms with Gasteiger partial charge < -0.3 is 0 Å². The van der Waals surface area contributed by atoms with Crippen LogP contribution in [0.15, 0.2) is 30.5 Å². The summed E-state index contributed by atoms with van der Waals surface area (Å²) in [5, 5.41) is 15.8. The summed E-state index contributed by atoms with van der Waals surface area (Å²) in [6, 6.07) is 6.04. The first-order valence-electron chi connectivity index (χ1n) is 6.08. The fraction of sp³-hybridized carbons (Fsp3) is 0. The molecule has 0 bridgehead atoms. The van der Waals surface area contributed by atoms with Crippen LogP contribution in [0.25, 0.3) is 10.9 Å². The molecule has 0 aliphatic carbocycles. The molecule has 7 heteroatoms. The summed E-state index contributed by atoms with van der Waals surface area (Å²) in [5.41, 5.74) is -0.547. The molecule has 0 aliphatic rings. The standard InChI is InChI=1S/C15H6ClF2N3O/c16-11-2-1-7(17)3-8(11)15(22)14-9(5-19)10-6-20-21-13(10)4-12(14)18/h1-4,6H,(H,20,21). The van der Waals surface area contributed by atoms with Crippen LogP contribution in [0.4, 0.5) is 8.78 Å². The summed E-state index contributed by atoms with van der Waals surface area (Å²) >= 11 is 5.87. The quantitative estimate of drug-likeness (QED) is 0.734. The van der Waals surface area contributed by atoms with Crippen molar-refractivity contribution in [1.29, 1.82) is 5.26 Å². The molecule has 1 aromatic heterocycles.